The van der Waals surface area contributed by atoms with Crippen LogP contribution in [-0.2, 0) is 11.2 Å². The molecule has 0 spiro atoms. The second kappa shape index (κ2) is 6.28. The maximum absolute atomic E-state index is 6.72. The van der Waals surface area contributed by atoms with Gasteiger partial charge in [-0.05, 0) is 37.3 Å². The van der Waals surface area contributed by atoms with Crippen LogP contribution in [0.5, 0.6) is 0 Å². The van der Waals surface area contributed by atoms with E-state index in [2.05, 4.69) is 52.0 Å². The highest BCUT2D eigenvalue weighted by Crippen LogP contribution is 2.43. The van der Waals surface area contributed by atoms with Crippen molar-refractivity contribution < 1.29 is 4.74 Å². The third-order valence-corrected chi connectivity index (χ3v) is 5.04. The van der Waals surface area contributed by atoms with Crippen LogP contribution in [-0.4, -0.2) is 12.2 Å². The standard InChI is InChI=1S/C17H25ClO/c1-5-6-14-7-9-15(10-8-14)17(18)16-11(2)12(3)19-13(16)4/h7-13,16-17H,5-6H2,1-4H3. The smallest absolute Gasteiger partial charge is 0.0641 e. The molecule has 2 rings (SSSR count). The molecule has 0 aliphatic carbocycles. The van der Waals surface area contributed by atoms with Gasteiger partial charge in [-0.1, -0.05) is 44.5 Å². The summed E-state index contributed by atoms with van der Waals surface area (Å²) in [6.07, 6.45) is 2.87. The molecule has 1 aromatic carbocycles. The fourth-order valence-electron chi connectivity index (χ4n) is 3.18. The van der Waals surface area contributed by atoms with Crippen LogP contribution in [0.2, 0.25) is 0 Å². The lowest BCUT2D eigenvalue weighted by atomic mass is 9.84. The number of hydrogen-bond donors (Lipinski definition) is 0. The van der Waals surface area contributed by atoms with E-state index in [1.54, 1.807) is 0 Å². The summed E-state index contributed by atoms with van der Waals surface area (Å²) in [5.41, 5.74) is 2.62. The van der Waals surface area contributed by atoms with Crippen molar-refractivity contribution in [2.24, 2.45) is 11.8 Å². The van der Waals surface area contributed by atoms with Gasteiger partial charge in [0.15, 0.2) is 0 Å². The minimum Gasteiger partial charge on any atom is -0.375 e. The third kappa shape index (κ3) is 3.14. The average Bonchev–Trinajstić information content (AvgIpc) is 2.64. The SMILES string of the molecule is CCCc1ccc(C(Cl)C2C(C)OC(C)C2C)cc1. The van der Waals surface area contributed by atoms with Crippen LogP contribution in [0.3, 0.4) is 0 Å². The summed E-state index contributed by atoms with van der Waals surface area (Å²) in [5, 5.41) is 0.0469. The van der Waals surface area contributed by atoms with E-state index in [1.165, 1.54) is 17.5 Å². The summed E-state index contributed by atoms with van der Waals surface area (Å²) in [5.74, 6) is 0.904. The molecule has 0 bridgehead atoms. The minimum absolute atomic E-state index is 0.0469. The van der Waals surface area contributed by atoms with E-state index < -0.39 is 0 Å². The Hall–Kier alpha value is -0.530. The minimum atomic E-state index is 0.0469. The number of hydrogen-bond acceptors (Lipinski definition) is 1. The first-order chi connectivity index (χ1) is 9.04. The fourth-order valence-corrected chi connectivity index (χ4v) is 3.76. The number of ether oxygens (including phenoxy) is 1. The third-order valence-electron chi connectivity index (χ3n) is 4.49. The maximum Gasteiger partial charge on any atom is 0.0641 e. The molecule has 1 aliphatic rings. The Morgan fingerprint density at radius 2 is 1.74 bits per heavy atom. The van der Waals surface area contributed by atoms with Crippen molar-refractivity contribution in [2.75, 3.05) is 0 Å². The summed E-state index contributed by atoms with van der Waals surface area (Å²) < 4.78 is 5.91. The molecule has 5 atom stereocenters. The van der Waals surface area contributed by atoms with Gasteiger partial charge in [-0.25, -0.2) is 0 Å². The molecule has 1 aromatic rings. The summed E-state index contributed by atoms with van der Waals surface area (Å²) in [7, 11) is 0. The Balaban J connectivity index is 2.12. The van der Waals surface area contributed by atoms with Gasteiger partial charge in [-0.15, -0.1) is 11.6 Å². The average molecular weight is 281 g/mol. The maximum atomic E-state index is 6.72. The topological polar surface area (TPSA) is 9.23 Å². The molecular weight excluding hydrogens is 256 g/mol. The highest BCUT2D eigenvalue weighted by Gasteiger charge is 2.41. The molecule has 106 valence electrons. The summed E-state index contributed by atoms with van der Waals surface area (Å²) in [4.78, 5) is 0. The summed E-state index contributed by atoms with van der Waals surface area (Å²) >= 11 is 6.72. The van der Waals surface area contributed by atoms with Crippen molar-refractivity contribution >= 4 is 11.6 Å². The van der Waals surface area contributed by atoms with Gasteiger partial charge in [-0.3, -0.25) is 0 Å². The Labute approximate surface area is 122 Å². The van der Waals surface area contributed by atoms with Crippen molar-refractivity contribution in [3.8, 4) is 0 Å². The normalized spacial score (nSPS) is 32.5. The lowest BCUT2D eigenvalue weighted by Gasteiger charge is -2.24. The zero-order chi connectivity index (χ0) is 14.0. The van der Waals surface area contributed by atoms with Crippen molar-refractivity contribution in [1.82, 2.24) is 0 Å². The molecule has 0 saturated carbocycles. The van der Waals surface area contributed by atoms with E-state index in [9.17, 15) is 0 Å². The molecule has 0 amide bonds. The molecule has 19 heavy (non-hydrogen) atoms. The van der Waals surface area contributed by atoms with Crippen LogP contribution in [0.25, 0.3) is 0 Å². The van der Waals surface area contributed by atoms with E-state index >= 15 is 0 Å². The van der Waals surface area contributed by atoms with E-state index in [-0.39, 0.29) is 11.5 Å². The zero-order valence-corrected chi connectivity index (χ0v) is 13.2. The van der Waals surface area contributed by atoms with Gasteiger partial charge in [0.1, 0.15) is 0 Å². The van der Waals surface area contributed by atoms with Gasteiger partial charge in [0.05, 0.1) is 17.6 Å². The van der Waals surface area contributed by atoms with Gasteiger partial charge in [-0.2, -0.15) is 0 Å². The molecule has 1 nitrogen and oxygen atoms in total. The van der Waals surface area contributed by atoms with Crippen molar-refractivity contribution in [1.29, 1.82) is 0 Å². The first-order valence-electron chi connectivity index (χ1n) is 7.43. The molecule has 1 aliphatic heterocycles. The van der Waals surface area contributed by atoms with E-state index in [0.29, 0.717) is 17.9 Å². The van der Waals surface area contributed by atoms with Crippen molar-refractivity contribution in [2.45, 2.75) is 58.1 Å². The Bertz CT molecular complexity index is 400. The molecule has 0 radical (unpaired) electrons. The number of rotatable bonds is 4. The van der Waals surface area contributed by atoms with E-state index in [0.717, 1.165) is 6.42 Å². The van der Waals surface area contributed by atoms with Crippen LogP contribution in [0.4, 0.5) is 0 Å². The van der Waals surface area contributed by atoms with E-state index in [1.807, 2.05) is 0 Å². The zero-order valence-electron chi connectivity index (χ0n) is 12.4. The van der Waals surface area contributed by atoms with Gasteiger partial charge < -0.3 is 4.74 Å². The second-order valence-corrected chi connectivity index (χ2v) is 6.35. The van der Waals surface area contributed by atoms with Crippen LogP contribution in [0.1, 0.15) is 50.6 Å². The fraction of sp³-hybridized carbons (Fsp3) is 0.647. The van der Waals surface area contributed by atoms with E-state index in [4.69, 9.17) is 16.3 Å². The van der Waals surface area contributed by atoms with Gasteiger partial charge in [0.25, 0.3) is 0 Å². The van der Waals surface area contributed by atoms with Crippen LogP contribution < -0.4 is 0 Å². The Kier molecular flexibility index (Phi) is 4.92. The van der Waals surface area contributed by atoms with Gasteiger partial charge >= 0.3 is 0 Å². The molecular formula is C17H25ClO. The first-order valence-corrected chi connectivity index (χ1v) is 7.86. The van der Waals surface area contributed by atoms with Gasteiger partial charge in [0, 0.05) is 5.92 Å². The molecule has 2 heteroatoms. The quantitative estimate of drug-likeness (QED) is 0.707. The summed E-state index contributed by atoms with van der Waals surface area (Å²) in [6.45, 7) is 8.75. The Morgan fingerprint density at radius 1 is 1.11 bits per heavy atom. The van der Waals surface area contributed by atoms with Crippen LogP contribution in [0.15, 0.2) is 24.3 Å². The highest BCUT2D eigenvalue weighted by atomic mass is 35.5. The number of aryl methyl sites for hydroxylation is 1. The molecule has 1 fully saturated rings. The molecule has 0 aromatic heterocycles. The van der Waals surface area contributed by atoms with Crippen LogP contribution >= 0.6 is 11.6 Å². The first kappa shape index (κ1) is 14.9. The largest absolute Gasteiger partial charge is 0.375 e. The van der Waals surface area contributed by atoms with Crippen LogP contribution in [0, 0.1) is 11.8 Å². The monoisotopic (exact) mass is 280 g/mol. The molecule has 5 unspecified atom stereocenters. The Morgan fingerprint density at radius 3 is 2.21 bits per heavy atom. The lowest BCUT2D eigenvalue weighted by Crippen LogP contribution is -2.22. The number of benzene rings is 1. The molecule has 1 heterocycles. The van der Waals surface area contributed by atoms with Gasteiger partial charge in [0.2, 0.25) is 0 Å². The predicted octanol–water partition coefficient (Wildman–Crippen LogP) is 4.98. The number of alkyl halides is 1. The summed E-state index contributed by atoms with van der Waals surface area (Å²) in [6, 6.07) is 8.79. The second-order valence-electron chi connectivity index (χ2n) is 5.88. The van der Waals surface area contributed by atoms with Crippen molar-refractivity contribution in [3.05, 3.63) is 35.4 Å². The number of halogens is 1. The lowest BCUT2D eigenvalue weighted by molar-refractivity contribution is 0.0508. The molecule has 1 saturated heterocycles. The van der Waals surface area contributed by atoms with Crippen molar-refractivity contribution in [3.63, 3.8) is 0 Å². The molecule has 0 N–H and O–H groups in total. The predicted molar refractivity (Wildman–Crippen MR) is 81.7 cm³/mol. The highest BCUT2D eigenvalue weighted by molar-refractivity contribution is 6.21.